The number of rotatable bonds is 16. The molecule has 2 amide bonds. The Morgan fingerprint density at radius 2 is 1.65 bits per heavy atom. The molecule has 1 fully saturated rings. The summed E-state index contributed by atoms with van der Waals surface area (Å²) in [5, 5.41) is 28.6. The topological polar surface area (TPSA) is 143 Å². The predicted molar refractivity (Wildman–Crippen MR) is 190 cm³/mol. The van der Waals surface area contributed by atoms with Gasteiger partial charge in [0.15, 0.2) is 6.61 Å². The molecule has 6 rings (SSSR count). The summed E-state index contributed by atoms with van der Waals surface area (Å²) in [6.45, 7) is 4.59. The van der Waals surface area contributed by atoms with Crippen molar-refractivity contribution in [3.63, 3.8) is 0 Å². The highest BCUT2D eigenvalue weighted by Crippen LogP contribution is 2.32. The van der Waals surface area contributed by atoms with Gasteiger partial charge in [-0.3, -0.25) is 9.69 Å². The molecule has 5 unspecified atom stereocenters. The van der Waals surface area contributed by atoms with Crippen molar-refractivity contribution in [1.82, 2.24) is 15.5 Å². The van der Waals surface area contributed by atoms with Gasteiger partial charge in [-0.25, -0.2) is 4.79 Å². The fourth-order valence-electron chi connectivity index (χ4n) is 6.76. The van der Waals surface area contributed by atoms with Gasteiger partial charge in [0.2, 0.25) is 5.91 Å². The molecule has 1 aliphatic carbocycles. The van der Waals surface area contributed by atoms with Crippen LogP contribution < -0.4 is 15.4 Å². The quantitative estimate of drug-likeness (QED) is 0.135. The average molecular weight is 698 g/mol. The van der Waals surface area contributed by atoms with Crippen molar-refractivity contribution in [3.8, 4) is 5.75 Å². The first-order chi connectivity index (χ1) is 24.9. The number of morpholine rings is 1. The van der Waals surface area contributed by atoms with E-state index >= 15 is 0 Å². The fraction of sp³-hybridized carbons (Fsp3) is 0.400. The Balaban J connectivity index is 1.15. The molecule has 51 heavy (non-hydrogen) atoms. The number of furan rings is 1. The van der Waals surface area contributed by atoms with E-state index in [1.54, 1.807) is 12.1 Å². The Bertz CT molecular complexity index is 1660. The van der Waals surface area contributed by atoms with Crippen LogP contribution in [0.3, 0.4) is 0 Å². The first kappa shape index (κ1) is 36.1. The maximum absolute atomic E-state index is 14.1. The van der Waals surface area contributed by atoms with Gasteiger partial charge in [-0.15, -0.1) is 0 Å². The van der Waals surface area contributed by atoms with Crippen LogP contribution in [-0.2, 0) is 40.1 Å². The number of benzene rings is 3. The molecule has 0 spiro atoms. The Hall–Kier alpha value is -4.68. The van der Waals surface area contributed by atoms with E-state index in [1.165, 1.54) is 6.26 Å². The first-order valence-electron chi connectivity index (χ1n) is 17.7. The van der Waals surface area contributed by atoms with Gasteiger partial charge >= 0.3 is 6.09 Å². The summed E-state index contributed by atoms with van der Waals surface area (Å²) in [5.41, 5.74) is 3.68. The molecule has 4 N–H and O–H groups in total. The van der Waals surface area contributed by atoms with Crippen molar-refractivity contribution in [3.05, 3.63) is 125 Å². The van der Waals surface area contributed by atoms with Crippen molar-refractivity contribution in [2.24, 2.45) is 5.92 Å². The van der Waals surface area contributed by atoms with Gasteiger partial charge in [-0.05, 0) is 65.8 Å². The van der Waals surface area contributed by atoms with Crippen LogP contribution in [0.15, 0.2) is 102 Å². The molecule has 4 aromatic rings. The zero-order valence-electron chi connectivity index (χ0n) is 28.7. The second-order valence-electron chi connectivity index (χ2n) is 13.2. The van der Waals surface area contributed by atoms with Gasteiger partial charge in [0.05, 0.1) is 43.8 Å². The smallest absolute Gasteiger partial charge is 0.407 e. The van der Waals surface area contributed by atoms with Gasteiger partial charge in [-0.1, -0.05) is 66.7 Å². The van der Waals surface area contributed by atoms with Crippen molar-refractivity contribution in [2.75, 3.05) is 39.5 Å². The summed E-state index contributed by atoms with van der Waals surface area (Å²) in [6.07, 6.45) is 0.0551. The lowest BCUT2D eigenvalue weighted by molar-refractivity contribution is -0.127. The largest absolute Gasteiger partial charge is 0.492 e. The van der Waals surface area contributed by atoms with E-state index in [-0.39, 0.29) is 18.9 Å². The Morgan fingerprint density at radius 1 is 0.902 bits per heavy atom. The van der Waals surface area contributed by atoms with Crippen molar-refractivity contribution in [2.45, 2.75) is 56.6 Å². The van der Waals surface area contributed by atoms with Crippen LogP contribution in [0, 0.1) is 5.92 Å². The SMILES string of the molecule is O=C(NC(Cc1ccccc1)C(O)CC(Cc1ccc(OCCN2CCOCC2)cc1)C(=O)NC1c2ccccc2CC1O)OCc1ccco1. The van der Waals surface area contributed by atoms with E-state index in [0.29, 0.717) is 31.6 Å². The van der Waals surface area contributed by atoms with Crippen LogP contribution in [-0.4, -0.2) is 84.8 Å². The van der Waals surface area contributed by atoms with Gasteiger partial charge < -0.3 is 39.5 Å². The van der Waals surface area contributed by atoms with Gasteiger partial charge in [-0.2, -0.15) is 0 Å². The zero-order valence-corrected chi connectivity index (χ0v) is 28.7. The number of nitrogens with one attached hydrogen (secondary N) is 2. The van der Waals surface area contributed by atoms with Crippen molar-refractivity contribution >= 4 is 12.0 Å². The Kier molecular flexibility index (Phi) is 12.8. The maximum Gasteiger partial charge on any atom is 0.407 e. The second-order valence-corrected chi connectivity index (χ2v) is 13.2. The minimum Gasteiger partial charge on any atom is -0.492 e. The third-order valence-electron chi connectivity index (χ3n) is 9.58. The monoisotopic (exact) mass is 697 g/mol. The lowest BCUT2D eigenvalue weighted by atomic mass is 9.88. The standard InChI is InChI=1S/C40H47N3O8/c44-36(35(24-28-7-2-1-3-8-28)41-40(47)51-27-33-10-6-19-49-33)26-31(39(46)42-38-34-11-5-4-9-30(34)25-37(38)45)23-29-12-14-32(15-13-29)50-22-18-43-16-20-48-21-17-43/h1-15,19,31,35-38,44-45H,16-18,20-27H2,(H,41,47)(H,42,46). The molecule has 270 valence electrons. The average Bonchev–Trinajstić information content (AvgIpc) is 3.79. The summed E-state index contributed by atoms with van der Waals surface area (Å²) < 4.78 is 22.1. The number of amides is 2. The van der Waals surface area contributed by atoms with Crippen molar-refractivity contribution < 1.29 is 38.4 Å². The summed E-state index contributed by atoms with van der Waals surface area (Å²) >= 11 is 0. The van der Waals surface area contributed by atoms with E-state index in [1.807, 2.05) is 78.9 Å². The van der Waals surface area contributed by atoms with Crippen molar-refractivity contribution in [1.29, 1.82) is 0 Å². The molecule has 11 nitrogen and oxygen atoms in total. The number of carbonyl (C=O) groups excluding carboxylic acids is 2. The van der Waals surface area contributed by atoms with Crippen LogP contribution in [0.5, 0.6) is 5.75 Å². The van der Waals surface area contributed by atoms with Gasteiger partial charge in [0.25, 0.3) is 0 Å². The summed E-state index contributed by atoms with van der Waals surface area (Å²) in [4.78, 5) is 29.3. The molecule has 0 bridgehead atoms. The minimum atomic E-state index is -1.11. The number of nitrogens with zero attached hydrogens (tertiary/aromatic N) is 1. The van der Waals surface area contributed by atoms with E-state index in [9.17, 15) is 19.8 Å². The summed E-state index contributed by atoms with van der Waals surface area (Å²) in [6, 6.07) is 27.0. The van der Waals surface area contributed by atoms with Gasteiger partial charge in [0, 0.05) is 32.0 Å². The molecule has 1 saturated heterocycles. The molecule has 2 heterocycles. The zero-order chi connectivity index (χ0) is 35.4. The number of ether oxygens (including phenoxy) is 3. The lowest BCUT2D eigenvalue weighted by Crippen LogP contribution is -2.47. The number of hydrogen-bond donors (Lipinski definition) is 4. The molecule has 0 radical (unpaired) electrons. The van der Waals surface area contributed by atoms with Crippen LogP contribution in [0.4, 0.5) is 4.79 Å². The molecule has 3 aromatic carbocycles. The number of alkyl carbamates (subject to hydrolysis) is 1. The highest BCUT2D eigenvalue weighted by molar-refractivity contribution is 5.80. The first-order valence-corrected chi connectivity index (χ1v) is 17.7. The summed E-state index contributed by atoms with van der Waals surface area (Å²) in [7, 11) is 0. The third kappa shape index (κ3) is 10.4. The van der Waals surface area contributed by atoms with Crippen LogP contribution in [0.1, 0.15) is 40.5 Å². The van der Waals surface area contributed by atoms with Gasteiger partial charge in [0.1, 0.15) is 18.1 Å². The Labute approximate surface area is 298 Å². The molecule has 0 saturated carbocycles. The number of aliphatic hydroxyl groups is 2. The lowest BCUT2D eigenvalue weighted by Gasteiger charge is -2.28. The van der Waals surface area contributed by atoms with E-state index in [0.717, 1.165) is 60.9 Å². The minimum absolute atomic E-state index is 0.0457. The second kappa shape index (κ2) is 18.0. The molecule has 1 aliphatic heterocycles. The molecule has 11 heteroatoms. The van der Waals surface area contributed by atoms with Crippen LogP contribution in [0.2, 0.25) is 0 Å². The van der Waals surface area contributed by atoms with E-state index in [4.69, 9.17) is 18.6 Å². The molecule has 1 aromatic heterocycles. The fourth-order valence-corrected chi connectivity index (χ4v) is 6.76. The highest BCUT2D eigenvalue weighted by atomic mass is 16.6. The number of carbonyl (C=O) groups is 2. The van der Waals surface area contributed by atoms with E-state index < -0.39 is 36.3 Å². The number of fused-ring (bicyclic) bond motifs is 1. The predicted octanol–water partition coefficient (Wildman–Crippen LogP) is 4.21. The molecule has 2 aliphatic rings. The Morgan fingerprint density at radius 3 is 2.41 bits per heavy atom. The normalized spacial score (nSPS) is 19.0. The molecular weight excluding hydrogens is 650 g/mol. The third-order valence-corrected chi connectivity index (χ3v) is 9.58. The van der Waals surface area contributed by atoms with Crippen LogP contribution >= 0.6 is 0 Å². The van der Waals surface area contributed by atoms with E-state index in [2.05, 4.69) is 15.5 Å². The number of aliphatic hydroxyl groups excluding tert-OH is 2. The highest BCUT2D eigenvalue weighted by Gasteiger charge is 2.35. The molecule has 5 atom stereocenters. The number of hydrogen-bond acceptors (Lipinski definition) is 9. The molecular formula is C40H47N3O8. The maximum atomic E-state index is 14.1. The van der Waals surface area contributed by atoms with Crippen LogP contribution in [0.25, 0.3) is 0 Å². The summed E-state index contributed by atoms with van der Waals surface area (Å²) in [5.74, 6) is 0.247.